The summed E-state index contributed by atoms with van der Waals surface area (Å²) in [5.74, 6) is 2.21. The number of ether oxygens (including phenoxy) is 1. The van der Waals surface area contributed by atoms with E-state index >= 15 is 0 Å². The Kier molecular flexibility index (Phi) is 3.87. The van der Waals surface area contributed by atoms with Gasteiger partial charge < -0.3 is 9.26 Å². The normalized spacial score (nSPS) is 10.8. The van der Waals surface area contributed by atoms with Crippen LogP contribution < -0.4 is 4.74 Å². The first-order chi connectivity index (χ1) is 10.3. The Balaban J connectivity index is 1.76. The molecule has 1 aromatic carbocycles. The number of nitrogens with zero attached hydrogens (tertiary/aromatic N) is 5. The first kappa shape index (κ1) is 13.6. The number of rotatable bonds is 5. The van der Waals surface area contributed by atoms with Gasteiger partial charge in [-0.05, 0) is 41.6 Å². The standard InChI is InChI=1S/C13H13N5O2S/c1-9-7-12(20-15-9)8-21-13-14-16-17-18(13)10-3-5-11(19-2)6-4-10/h3-7H,8H2,1-2H3. The SMILES string of the molecule is COc1ccc(-n2nnnc2SCc2cc(C)no2)cc1. The second-order valence-corrected chi connectivity index (χ2v) is 5.24. The van der Waals surface area contributed by atoms with Gasteiger partial charge >= 0.3 is 0 Å². The number of aryl methyl sites for hydroxylation is 1. The lowest BCUT2D eigenvalue weighted by Gasteiger charge is -2.04. The number of hydrogen-bond donors (Lipinski definition) is 0. The summed E-state index contributed by atoms with van der Waals surface area (Å²) in [5, 5.41) is 16.3. The van der Waals surface area contributed by atoms with Gasteiger partial charge in [0.15, 0.2) is 0 Å². The highest BCUT2D eigenvalue weighted by molar-refractivity contribution is 7.98. The minimum absolute atomic E-state index is 0.622. The first-order valence-corrected chi connectivity index (χ1v) is 7.22. The molecule has 0 radical (unpaired) electrons. The summed E-state index contributed by atoms with van der Waals surface area (Å²) >= 11 is 1.49. The zero-order valence-electron chi connectivity index (χ0n) is 11.6. The second kappa shape index (κ2) is 5.96. The fourth-order valence-electron chi connectivity index (χ4n) is 1.77. The van der Waals surface area contributed by atoms with Crippen molar-refractivity contribution in [2.75, 3.05) is 7.11 Å². The van der Waals surface area contributed by atoms with Gasteiger partial charge in [-0.15, -0.1) is 5.10 Å². The van der Waals surface area contributed by atoms with Crippen molar-refractivity contribution >= 4 is 11.8 Å². The Morgan fingerprint density at radius 1 is 1.29 bits per heavy atom. The second-order valence-electron chi connectivity index (χ2n) is 4.29. The van der Waals surface area contributed by atoms with E-state index in [0.29, 0.717) is 10.9 Å². The van der Waals surface area contributed by atoms with E-state index in [1.54, 1.807) is 11.8 Å². The van der Waals surface area contributed by atoms with Crippen molar-refractivity contribution in [3.05, 3.63) is 41.8 Å². The molecule has 0 aliphatic rings. The van der Waals surface area contributed by atoms with E-state index in [1.165, 1.54) is 11.8 Å². The fraction of sp³-hybridized carbons (Fsp3) is 0.231. The summed E-state index contributed by atoms with van der Waals surface area (Å²) in [7, 11) is 1.63. The molecule has 21 heavy (non-hydrogen) atoms. The number of benzene rings is 1. The van der Waals surface area contributed by atoms with Crippen LogP contribution in [0.15, 0.2) is 40.0 Å². The van der Waals surface area contributed by atoms with E-state index in [4.69, 9.17) is 9.26 Å². The van der Waals surface area contributed by atoms with Crippen LogP contribution in [-0.4, -0.2) is 32.5 Å². The quantitative estimate of drug-likeness (QED) is 0.669. The van der Waals surface area contributed by atoms with Crippen LogP contribution in [0.1, 0.15) is 11.5 Å². The van der Waals surface area contributed by atoms with Crippen molar-refractivity contribution in [1.29, 1.82) is 0 Å². The summed E-state index contributed by atoms with van der Waals surface area (Å²) in [6.07, 6.45) is 0. The summed E-state index contributed by atoms with van der Waals surface area (Å²) in [6, 6.07) is 9.43. The summed E-state index contributed by atoms with van der Waals surface area (Å²) in [5.41, 5.74) is 1.73. The van der Waals surface area contributed by atoms with E-state index in [0.717, 1.165) is 22.9 Å². The number of tetrazole rings is 1. The zero-order chi connectivity index (χ0) is 14.7. The molecule has 0 aliphatic heterocycles. The average Bonchev–Trinajstić information content (AvgIpc) is 3.14. The molecule has 7 nitrogen and oxygen atoms in total. The molecule has 0 N–H and O–H groups in total. The van der Waals surface area contributed by atoms with Gasteiger partial charge in [0, 0.05) is 6.07 Å². The lowest BCUT2D eigenvalue weighted by Crippen LogP contribution is -1.99. The third-order valence-electron chi connectivity index (χ3n) is 2.78. The Morgan fingerprint density at radius 2 is 2.10 bits per heavy atom. The molecule has 2 heterocycles. The van der Waals surface area contributed by atoms with Crippen molar-refractivity contribution in [3.8, 4) is 11.4 Å². The highest BCUT2D eigenvalue weighted by atomic mass is 32.2. The van der Waals surface area contributed by atoms with Crippen LogP contribution in [0.5, 0.6) is 5.75 Å². The van der Waals surface area contributed by atoms with Gasteiger partial charge in [-0.1, -0.05) is 16.9 Å². The summed E-state index contributed by atoms with van der Waals surface area (Å²) in [4.78, 5) is 0. The first-order valence-electron chi connectivity index (χ1n) is 6.24. The van der Waals surface area contributed by atoms with Crippen molar-refractivity contribution in [2.24, 2.45) is 0 Å². The molecule has 0 amide bonds. The maximum atomic E-state index is 5.17. The Bertz CT molecular complexity index is 722. The molecule has 0 unspecified atom stereocenters. The smallest absolute Gasteiger partial charge is 0.214 e. The van der Waals surface area contributed by atoms with E-state index in [2.05, 4.69) is 20.7 Å². The number of aromatic nitrogens is 5. The average molecular weight is 303 g/mol. The Morgan fingerprint density at radius 3 is 2.76 bits per heavy atom. The minimum Gasteiger partial charge on any atom is -0.497 e. The lowest BCUT2D eigenvalue weighted by molar-refractivity contribution is 0.391. The van der Waals surface area contributed by atoms with Crippen molar-refractivity contribution in [2.45, 2.75) is 17.8 Å². The predicted octanol–water partition coefficient (Wildman–Crippen LogP) is 2.26. The monoisotopic (exact) mass is 303 g/mol. The van der Waals surface area contributed by atoms with Gasteiger partial charge in [-0.2, -0.15) is 4.68 Å². The van der Waals surface area contributed by atoms with E-state index in [9.17, 15) is 0 Å². The van der Waals surface area contributed by atoms with Gasteiger partial charge in [-0.25, -0.2) is 0 Å². The van der Waals surface area contributed by atoms with Crippen LogP contribution in [0.3, 0.4) is 0 Å². The zero-order valence-corrected chi connectivity index (χ0v) is 12.4. The number of methoxy groups -OCH3 is 1. The van der Waals surface area contributed by atoms with Crippen molar-refractivity contribution < 1.29 is 9.26 Å². The molecule has 0 spiro atoms. The molecule has 0 saturated carbocycles. The molecule has 8 heteroatoms. The molecule has 3 rings (SSSR count). The molecule has 0 atom stereocenters. The van der Waals surface area contributed by atoms with Gasteiger partial charge in [-0.3, -0.25) is 0 Å². The molecule has 0 aliphatic carbocycles. The predicted molar refractivity (Wildman–Crippen MR) is 76.5 cm³/mol. The lowest BCUT2D eigenvalue weighted by atomic mass is 10.3. The fourth-order valence-corrected chi connectivity index (χ4v) is 2.54. The van der Waals surface area contributed by atoms with Gasteiger partial charge in [0.05, 0.1) is 24.2 Å². The van der Waals surface area contributed by atoms with Gasteiger partial charge in [0.1, 0.15) is 11.5 Å². The van der Waals surface area contributed by atoms with Gasteiger partial charge in [0.2, 0.25) is 5.16 Å². The van der Waals surface area contributed by atoms with Crippen LogP contribution in [0.2, 0.25) is 0 Å². The summed E-state index contributed by atoms with van der Waals surface area (Å²) < 4.78 is 12.0. The molecule has 3 aromatic rings. The number of hydrogen-bond acceptors (Lipinski definition) is 7. The van der Waals surface area contributed by atoms with E-state index in [1.807, 2.05) is 37.3 Å². The Hall–Kier alpha value is -2.35. The van der Waals surface area contributed by atoms with Crippen LogP contribution in [0.25, 0.3) is 5.69 Å². The van der Waals surface area contributed by atoms with Crippen molar-refractivity contribution in [3.63, 3.8) is 0 Å². The third kappa shape index (κ3) is 3.05. The molecule has 0 saturated heterocycles. The van der Waals surface area contributed by atoms with Crippen LogP contribution >= 0.6 is 11.8 Å². The minimum atomic E-state index is 0.622. The Labute approximate surface area is 125 Å². The van der Waals surface area contributed by atoms with Crippen LogP contribution in [0.4, 0.5) is 0 Å². The van der Waals surface area contributed by atoms with Gasteiger partial charge in [0.25, 0.3) is 0 Å². The van der Waals surface area contributed by atoms with Crippen molar-refractivity contribution in [1.82, 2.24) is 25.4 Å². The molecular formula is C13H13N5O2S. The van der Waals surface area contributed by atoms with Crippen LogP contribution in [0, 0.1) is 6.92 Å². The highest BCUT2D eigenvalue weighted by Crippen LogP contribution is 2.23. The highest BCUT2D eigenvalue weighted by Gasteiger charge is 2.11. The number of thioether (sulfide) groups is 1. The topological polar surface area (TPSA) is 78.9 Å². The molecule has 2 aromatic heterocycles. The van der Waals surface area contributed by atoms with E-state index in [-0.39, 0.29) is 0 Å². The third-order valence-corrected chi connectivity index (χ3v) is 3.72. The molecule has 0 bridgehead atoms. The molecular weight excluding hydrogens is 290 g/mol. The largest absolute Gasteiger partial charge is 0.497 e. The molecule has 108 valence electrons. The maximum absolute atomic E-state index is 5.17. The molecule has 0 fully saturated rings. The maximum Gasteiger partial charge on any atom is 0.214 e. The van der Waals surface area contributed by atoms with E-state index < -0.39 is 0 Å². The van der Waals surface area contributed by atoms with Crippen LogP contribution in [-0.2, 0) is 5.75 Å². The summed E-state index contributed by atoms with van der Waals surface area (Å²) in [6.45, 7) is 1.89.